The Hall–Kier alpha value is -1.63. The molecule has 0 aliphatic carbocycles. The van der Waals surface area contributed by atoms with Crippen molar-refractivity contribution in [2.24, 2.45) is 0 Å². The summed E-state index contributed by atoms with van der Waals surface area (Å²) in [5, 5.41) is 3.95. The Morgan fingerprint density at radius 2 is 2.18 bits per heavy atom. The molecule has 0 saturated heterocycles. The molecule has 0 bridgehead atoms. The maximum atomic E-state index is 12.3. The predicted octanol–water partition coefficient (Wildman–Crippen LogP) is 1.73. The number of anilines is 1. The lowest BCUT2D eigenvalue weighted by molar-refractivity contribution is -0.912. The lowest BCUT2D eigenvalue weighted by Gasteiger charge is -2.28. The smallest absolute Gasteiger partial charge is 0.262 e. The number of hydrogen-bond donors (Lipinski definition) is 3. The average Bonchev–Trinajstić information content (AvgIpc) is 2.50. The third kappa shape index (κ3) is 2.69. The third-order valence-corrected chi connectivity index (χ3v) is 4.44. The molecule has 1 atom stereocenters. The van der Waals surface area contributed by atoms with E-state index in [1.54, 1.807) is 0 Å². The summed E-state index contributed by atoms with van der Waals surface area (Å²) in [4.78, 5) is 16.4. The van der Waals surface area contributed by atoms with Gasteiger partial charge in [-0.05, 0) is 30.8 Å². The highest BCUT2D eigenvalue weighted by Gasteiger charge is 2.25. The monoisotopic (exact) mass is 337 g/mol. The Kier molecular flexibility index (Phi) is 4.33. The Morgan fingerprint density at radius 3 is 2.91 bits per heavy atom. The number of H-pyrrole nitrogens is 1. The van der Waals surface area contributed by atoms with Crippen LogP contribution in [0.2, 0.25) is 5.02 Å². The standard InChI is InChI=1S/C15H17ClN4OS/c1-2-7-19-8-10-13(17-9-19)20(15(22)18-14(10)21)12-6-4-3-5-11(12)16/h3-6,17H,2,7-9H2,1H3,(H,18,21,22)/p+1. The van der Waals surface area contributed by atoms with Gasteiger partial charge in [0.2, 0.25) is 0 Å². The second-order valence-electron chi connectivity index (χ2n) is 5.40. The number of nitrogens with one attached hydrogen (secondary N) is 3. The van der Waals surface area contributed by atoms with Crippen LogP contribution in [-0.2, 0) is 6.54 Å². The first-order valence-electron chi connectivity index (χ1n) is 7.32. The fourth-order valence-electron chi connectivity index (χ4n) is 2.84. The number of quaternary nitrogens is 1. The fraction of sp³-hybridized carbons (Fsp3) is 0.333. The number of aromatic nitrogens is 2. The highest BCUT2D eigenvalue weighted by atomic mass is 35.5. The Bertz CT molecular complexity index is 814. The van der Waals surface area contributed by atoms with Gasteiger partial charge in [-0.3, -0.25) is 14.3 Å². The number of halogens is 1. The minimum Gasteiger partial charge on any atom is -0.324 e. The van der Waals surface area contributed by atoms with E-state index >= 15 is 0 Å². The van der Waals surface area contributed by atoms with Gasteiger partial charge in [0.1, 0.15) is 17.9 Å². The van der Waals surface area contributed by atoms with Crippen LogP contribution in [0.5, 0.6) is 0 Å². The van der Waals surface area contributed by atoms with E-state index in [0.717, 1.165) is 36.7 Å². The zero-order valence-corrected chi connectivity index (χ0v) is 13.9. The van der Waals surface area contributed by atoms with Gasteiger partial charge in [-0.15, -0.1) is 0 Å². The van der Waals surface area contributed by atoms with Gasteiger partial charge >= 0.3 is 0 Å². The molecule has 7 heteroatoms. The van der Waals surface area contributed by atoms with Crippen molar-refractivity contribution in [3.8, 4) is 5.69 Å². The minimum absolute atomic E-state index is 0.121. The van der Waals surface area contributed by atoms with E-state index in [2.05, 4.69) is 17.2 Å². The van der Waals surface area contributed by atoms with Crippen LogP contribution in [0.1, 0.15) is 18.9 Å². The molecule has 3 N–H and O–H groups in total. The van der Waals surface area contributed by atoms with Crippen LogP contribution in [0.3, 0.4) is 0 Å². The quantitative estimate of drug-likeness (QED) is 0.748. The number of fused-ring (bicyclic) bond motifs is 1. The van der Waals surface area contributed by atoms with E-state index in [1.807, 2.05) is 28.8 Å². The summed E-state index contributed by atoms with van der Waals surface area (Å²) in [6, 6.07) is 7.48. The van der Waals surface area contributed by atoms with Crippen LogP contribution >= 0.6 is 23.8 Å². The molecule has 5 nitrogen and oxygen atoms in total. The van der Waals surface area contributed by atoms with E-state index in [1.165, 1.54) is 4.90 Å². The van der Waals surface area contributed by atoms with Crippen LogP contribution in [-0.4, -0.2) is 22.8 Å². The van der Waals surface area contributed by atoms with E-state index in [9.17, 15) is 4.79 Å². The Balaban J connectivity index is 2.18. The molecular formula is C15H18ClN4OS+. The van der Waals surface area contributed by atoms with Crippen molar-refractivity contribution in [2.75, 3.05) is 18.5 Å². The van der Waals surface area contributed by atoms with Crippen LogP contribution in [0.25, 0.3) is 5.69 Å². The van der Waals surface area contributed by atoms with E-state index in [-0.39, 0.29) is 5.56 Å². The van der Waals surface area contributed by atoms with Crippen LogP contribution in [0.15, 0.2) is 29.1 Å². The highest BCUT2D eigenvalue weighted by Crippen LogP contribution is 2.25. The number of para-hydroxylation sites is 1. The maximum Gasteiger partial charge on any atom is 0.262 e. The van der Waals surface area contributed by atoms with Crippen LogP contribution in [0.4, 0.5) is 5.82 Å². The highest BCUT2D eigenvalue weighted by molar-refractivity contribution is 7.71. The van der Waals surface area contributed by atoms with Crippen LogP contribution < -0.4 is 15.8 Å². The summed E-state index contributed by atoms with van der Waals surface area (Å²) in [7, 11) is 0. The topological polar surface area (TPSA) is 54.3 Å². The maximum absolute atomic E-state index is 12.3. The summed E-state index contributed by atoms with van der Waals surface area (Å²) in [5.41, 5.74) is 1.38. The molecule has 3 rings (SSSR count). The van der Waals surface area contributed by atoms with Gasteiger partial charge in [0.05, 0.1) is 17.3 Å². The molecule has 1 unspecified atom stereocenters. The molecule has 1 aromatic heterocycles. The molecule has 0 radical (unpaired) electrons. The molecule has 0 spiro atoms. The molecule has 1 aliphatic rings. The molecule has 1 aromatic carbocycles. The SMILES string of the molecule is CCC[NH+]1CNc2c(c(=O)[nH]c(=S)n2-c2ccccc2Cl)C1. The van der Waals surface area contributed by atoms with Crippen molar-refractivity contribution in [2.45, 2.75) is 19.9 Å². The lowest BCUT2D eigenvalue weighted by atomic mass is 10.2. The van der Waals surface area contributed by atoms with Crippen molar-refractivity contribution < 1.29 is 4.90 Å². The Morgan fingerprint density at radius 1 is 1.41 bits per heavy atom. The summed E-state index contributed by atoms with van der Waals surface area (Å²) < 4.78 is 2.17. The number of benzene rings is 1. The normalized spacial score (nSPS) is 16.9. The van der Waals surface area contributed by atoms with Gasteiger partial charge < -0.3 is 10.2 Å². The average molecular weight is 338 g/mol. The molecular weight excluding hydrogens is 320 g/mol. The van der Waals surface area contributed by atoms with Crippen molar-refractivity contribution in [3.63, 3.8) is 0 Å². The van der Waals surface area contributed by atoms with Crippen molar-refractivity contribution in [3.05, 3.63) is 50.0 Å². The number of hydrogen-bond acceptors (Lipinski definition) is 3. The molecule has 0 fully saturated rings. The molecule has 22 heavy (non-hydrogen) atoms. The zero-order valence-electron chi connectivity index (χ0n) is 12.3. The van der Waals surface area contributed by atoms with Gasteiger partial charge in [0.25, 0.3) is 5.56 Å². The summed E-state index contributed by atoms with van der Waals surface area (Å²) in [6.07, 6.45) is 1.08. The number of nitrogens with zero attached hydrogens (tertiary/aromatic N) is 1. The van der Waals surface area contributed by atoms with Gasteiger partial charge in [-0.1, -0.05) is 30.7 Å². The van der Waals surface area contributed by atoms with Crippen molar-refractivity contribution in [1.29, 1.82) is 0 Å². The molecule has 116 valence electrons. The first kappa shape index (κ1) is 15.3. The summed E-state index contributed by atoms with van der Waals surface area (Å²) >= 11 is 11.6. The molecule has 1 aliphatic heterocycles. The second-order valence-corrected chi connectivity index (χ2v) is 6.20. The summed E-state index contributed by atoms with van der Waals surface area (Å²) in [5.74, 6) is 0.752. The van der Waals surface area contributed by atoms with Crippen molar-refractivity contribution in [1.82, 2.24) is 9.55 Å². The van der Waals surface area contributed by atoms with Gasteiger partial charge in [0.15, 0.2) is 11.4 Å². The Labute approximate surface area is 138 Å². The van der Waals surface area contributed by atoms with E-state index in [0.29, 0.717) is 16.3 Å². The number of rotatable bonds is 3. The fourth-order valence-corrected chi connectivity index (χ4v) is 3.34. The minimum atomic E-state index is -0.121. The van der Waals surface area contributed by atoms with Gasteiger partial charge in [-0.25, -0.2) is 0 Å². The largest absolute Gasteiger partial charge is 0.324 e. The molecule has 2 heterocycles. The van der Waals surface area contributed by atoms with Crippen LogP contribution in [0, 0.1) is 4.77 Å². The van der Waals surface area contributed by atoms with Gasteiger partial charge in [0, 0.05) is 0 Å². The van der Waals surface area contributed by atoms with Crippen molar-refractivity contribution >= 4 is 29.6 Å². The first-order valence-corrected chi connectivity index (χ1v) is 8.11. The predicted molar refractivity (Wildman–Crippen MR) is 90.5 cm³/mol. The van der Waals surface area contributed by atoms with Gasteiger partial charge in [-0.2, -0.15) is 0 Å². The molecule has 0 amide bonds. The molecule has 2 aromatic rings. The lowest BCUT2D eigenvalue weighted by Crippen LogP contribution is -3.12. The first-order chi connectivity index (χ1) is 10.6. The second kappa shape index (κ2) is 6.24. The number of aromatic amines is 1. The van der Waals surface area contributed by atoms with E-state index < -0.39 is 0 Å². The third-order valence-electron chi connectivity index (χ3n) is 3.84. The summed E-state index contributed by atoms with van der Waals surface area (Å²) in [6.45, 7) is 4.62. The van der Waals surface area contributed by atoms with E-state index in [4.69, 9.17) is 23.8 Å². The zero-order chi connectivity index (χ0) is 15.7. The molecule has 0 saturated carbocycles.